The number of rotatable bonds is 4. The number of nitrogens with one attached hydrogen (secondary N) is 3. The highest BCUT2D eigenvalue weighted by atomic mass is 35.5. The van der Waals surface area contributed by atoms with Gasteiger partial charge in [-0.1, -0.05) is 11.6 Å². The zero-order chi connectivity index (χ0) is 18.7. The van der Waals surface area contributed by atoms with Gasteiger partial charge in [0.25, 0.3) is 0 Å². The van der Waals surface area contributed by atoms with Gasteiger partial charge in [-0.05, 0) is 29.8 Å². The molecule has 0 saturated carbocycles. The molecule has 6 nitrogen and oxygen atoms in total. The zero-order valence-electron chi connectivity index (χ0n) is 13.0. The van der Waals surface area contributed by atoms with E-state index in [0.29, 0.717) is 5.69 Å². The van der Waals surface area contributed by atoms with E-state index in [9.17, 15) is 18.0 Å². The molecule has 2 aromatic heterocycles. The molecule has 10 heteroatoms. The molecule has 0 fully saturated rings. The van der Waals surface area contributed by atoms with Crippen molar-refractivity contribution < 1.29 is 18.0 Å². The van der Waals surface area contributed by atoms with Crippen LogP contribution < -0.4 is 10.6 Å². The minimum atomic E-state index is -1.56. The minimum Gasteiger partial charge on any atom is -0.334 e. The predicted molar refractivity (Wildman–Crippen MR) is 89.0 cm³/mol. The fourth-order valence-electron chi connectivity index (χ4n) is 2.17. The van der Waals surface area contributed by atoms with E-state index in [1.54, 1.807) is 24.5 Å². The summed E-state index contributed by atoms with van der Waals surface area (Å²) < 4.78 is 39.2. The Labute approximate surface area is 150 Å². The van der Waals surface area contributed by atoms with Crippen LogP contribution in [0.1, 0.15) is 5.56 Å². The lowest BCUT2D eigenvalue weighted by molar-refractivity contribution is 0.251. The number of pyridine rings is 1. The monoisotopic (exact) mass is 381 g/mol. The summed E-state index contributed by atoms with van der Waals surface area (Å²) in [6.45, 7) is -0.223. The Bertz CT molecular complexity index is 925. The van der Waals surface area contributed by atoms with Gasteiger partial charge in [-0.25, -0.2) is 18.0 Å². The number of anilines is 1. The zero-order valence-corrected chi connectivity index (χ0v) is 13.7. The van der Waals surface area contributed by atoms with Crippen LogP contribution in [-0.4, -0.2) is 21.2 Å². The summed E-state index contributed by atoms with van der Waals surface area (Å²) >= 11 is 6.18. The van der Waals surface area contributed by atoms with E-state index in [1.807, 2.05) is 0 Å². The second-order valence-electron chi connectivity index (χ2n) is 5.18. The summed E-state index contributed by atoms with van der Waals surface area (Å²) in [5, 5.41) is 11.6. The molecule has 0 saturated heterocycles. The van der Waals surface area contributed by atoms with E-state index in [0.717, 1.165) is 17.7 Å². The molecule has 134 valence electrons. The average Bonchev–Trinajstić information content (AvgIpc) is 2.99. The number of aromatic amines is 1. The van der Waals surface area contributed by atoms with E-state index in [-0.39, 0.29) is 22.9 Å². The molecule has 0 spiro atoms. The molecular weight excluding hydrogens is 371 g/mol. The molecular formula is C16H11ClF3N5O. The summed E-state index contributed by atoms with van der Waals surface area (Å²) in [6, 6.07) is 4.30. The van der Waals surface area contributed by atoms with Crippen LogP contribution in [0, 0.1) is 17.5 Å². The molecule has 0 aliphatic rings. The van der Waals surface area contributed by atoms with Crippen LogP contribution in [0.2, 0.25) is 5.02 Å². The summed E-state index contributed by atoms with van der Waals surface area (Å²) in [5.74, 6) is -4.16. The van der Waals surface area contributed by atoms with Gasteiger partial charge in [0.1, 0.15) is 5.02 Å². The van der Waals surface area contributed by atoms with Gasteiger partial charge in [-0.2, -0.15) is 5.10 Å². The summed E-state index contributed by atoms with van der Waals surface area (Å²) in [6.07, 6.45) is 3.15. The van der Waals surface area contributed by atoms with Crippen LogP contribution in [0.15, 0.2) is 36.7 Å². The Morgan fingerprint density at radius 3 is 2.46 bits per heavy atom. The SMILES string of the molecule is O=C(NCc1cc(F)c(F)c(F)c1)Nc1n[nH]c(-c2ccncc2)c1Cl. The highest BCUT2D eigenvalue weighted by Gasteiger charge is 2.15. The number of urea groups is 1. The predicted octanol–water partition coefficient (Wildman–Crippen LogP) is 3.86. The van der Waals surface area contributed by atoms with Crippen molar-refractivity contribution in [3.63, 3.8) is 0 Å². The van der Waals surface area contributed by atoms with Crippen molar-refractivity contribution >= 4 is 23.4 Å². The first-order valence-corrected chi connectivity index (χ1v) is 7.66. The van der Waals surface area contributed by atoms with E-state index in [2.05, 4.69) is 25.8 Å². The quantitative estimate of drug-likeness (QED) is 0.600. The molecule has 2 heterocycles. The standard InChI is InChI=1S/C16H11ClF3N5O/c17-12-14(9-1-3-21-4-2-9)24-25-15(12)23-16(26)22-7-8-5-10(18)13(20)11(19)6-8/h1-6H,7H2,(H3,22,23,24,25,26). The number of amides is 2. The number of aromatic nitrogens is 3. The first-order valence-electron chi connectivity index (χ1n) is 7.28. The maximum absolute atomic E-state index is 13.1. The first-order chi connectivity index (χ1) is 12.5. The van der Waals surface area contributed by atoms with Crippen molar-refractivity contribution in [1.82, 2.24) is 20.5 Å². The smallest absolute Gasteiger partial charge is 0.320 e. The van der Waals surface area contributed by atoms with Crippen LogP contribution in [0.5, 0.6) is 0 Å². The maximum Gasteiger partial charge on any atom is 0.320 e. The number of H-pyrrole nitrogens is 1. The van der Waals surface area contributed by atoms with Crippen LogP contribution in [-0.2, 0) is 6.54 Å². The first kappa shape index (κ1) is 17.7. The van der Waals surface area contributed by atoms with Crippen LogP contribution in [0.3, 0.4) is 0 Å². The lowest BCUT2D eigenvalue weighted by atomic mass is 10.2. The average molecular weight is 382 g/mol. The normalized spacial score (nSPS) is 10.6. The molecule has 0 atom stereocenters. The van der Waals surface area contributed by atoms with Gasteiger partial charge in [0, 0.05) is 24.5 Å². The van der Waals surface area contributed by atoms with Crippen molar-refractivity contribution in [2.24, 2.45) is 0 Å². The molecule has 0 bridgehead atoms. The summed E-state index contributed by atoms with van der Waals surface area (Å²) in [7, 11) is 0. The number of nitrogens with zero attached hydrogens (tertiary/aromatic N) is 2. The molecule has 0 aliphatic heterocycles. The van der Waals surface area contributed by atoms with E-state index >= 15 is 0 Å². The maximum atomic E-state index is 13.1. The number of hydrogen-bond donors (Lipinski definition) is 3. The number of carbonyl (C=O) groups excluding carboxylic acids is 1. The third kappa shape index (κ3) is 3.77. The largest absolute Gasteiger partial charge is 0.334 e. The van der Waals surface area contributed by atoms with Crippen molar-refractivity contribution in [3.05, 3.63) is 64.7 Å². The Morgan fingerprint density at radius 2 is 1.81 bits per heavy atom. The van der Waals surface area contributed by atoms with Crippen LogP contribution in [0.4, 0.5) is 23.8 Å². The van der Waals surface area contributed by atoms with Gasteiger partial charge in [0.2, 0.25) is 0 Å². The molecule has 3 N–H and O–H groups in total. The molecule has 0 unspecified atom stereocenters. The van der Waals surface area contributed by atoms with Gasteiger partial charge >= 0.3 is 6.03 Å². The lowest BCUT2D eigenvalue weighted by Crippen LogP contribution is -2.28. The van der Waals surface area contributed by atoms with Crippen LogP contribution in [0.25, 0.3) is 11.3 Å². The molecule has 1 aromatic carbocycles. The van der Waals surface area contributed by atoms with E-state index < -0.39 is 23.5 Å². The van der Waals surface area contributed by atoms with Gasteiger partial charge in [-0.3, -0.25) is 15.4 Å². The highest BCUT2D eigenvalue weighted by Crippen LogP contribution is 2.30. The Balaban J connectivity index is 1.65. The van der Waals surface area contributed by atoms with E-state index in [4.69, 9.17) is 11.6 Å². The third-order valence-electron chi connectivity index (χ3n) is 3.40. The van der Waals surface area contributed by atoms with Crippen molar-refractivity contribution in [1.29, 1.82) is 0 Å². The second-order valence-corrected chi connectivity index (χ2v) is 5.56. The fourth-order valence-corrected chi connectivity index (χ4v) is 2.41. The van der Waals surface area contributed by atoms with E-state index in [1.165, 1.54) is 0 Å². The minimum absolute atomic E-state index is 0.0575. The Hall–Kier alpha value is -3.07. The molecule has 3 aromatic rings. The van der Waals surface area contributed by atoms with Crippen molar-refractivity contribution in [2.45, 2.75) is 6.54 Å². The molecule has 0 radical (unpaired) electrons. The van der Waals surface area contributed by atoms with Crippen LogP contribution >= 0.6 is 11.6 Å². The fraction of sp³-hybridized carbons (Fsp3) is 0.0625. The molecule has 3 rings (SSSR count). The number of benzene rings is 1. The molecule has 0 aliphatic carbocycles. The van der Waals surface area contributed by atoms with Gasteiger partial charge in [0.15, 0.2) is 23.3 Å². The lowest BCUT2D eigenvalue weighted by Gasteiger charge is -2.07. The van der Waals surface area contributed by atoms with Gasteiger partial charge in [0.05, 0.1) is 5.69 Å². The number of halogens is 4. The third-order valence-corrected chi connectivity index (χ3v) is 3.77. The summed E-state index contributed by atoms with van der Waals surface area (Å²) in [5.41, 5.74) is 1.28. The van der Waals surface area contributed by atoms with Crippen molar-refractivity contribution in [2.75, 3.05) is 5.32 Å². The number of carbonyl (C=O) groups is 1. The summed E-state index contributed by atoms with van der Waals surface area (Å²) in [4.78, 5) is 15.8. The second kappa shape index (κ2) is 7.44. The number of hydrogen-bond acceptors (Lipinski definition) is 3. The highest BCUT2D eigenvalue weighted by molar-refractivity contribution is 6.35. The van der Waals surface area contributed by atoms with Gasteiger partial charge in [-0.15, -0.1) is 0 Å². The topological polar surface area (TPSA) is 82.7 Å². The van der Waals surface area contributed by atoms with Gasteiger partial charge < -0.3 is 5.32 Å². The Kier molecular flexibility index (Phi) is 5.08. The molecule has 26 heavy (non-hydrogen) atoms. The molecule has 2 amide bonds. The van der Waals surface area contributed by atoms with Crippen molar-refractivity contribution in [3.8, 4) is 11.3 Å². The Morgan fingerprint density at radius 1 is 1.15 bits per heavy atom.